The molecule has 0 unspecified atom stereocenters. The monoisotopic (exact) mass is 438 g/mol. The molecule has 7 heteroatoms. The van der Waals surface area contributed by atoms with Gasteiger partial charge in [0.05, 0.1) is 33.6 Å². The second kappa shape index (κ2) is 10.1. The first-order valence-corrected chi connectivity index (χ1v) is 10.6. The molecule has 0 radical (unpaired) electrons. The molecule has 0 saturated carbocycles. The van der Waals surface area contributed by atoms with Crippen LogP contribution in [0, 0.1) is 13.8 Å². The van der Waals surface area contributed by atoms with Crippen molar-refractivity contribution in [3.63, 3.8) is 0 Å². The van der Waals surface area contributed by atoms with E-state index in [1.54, 1.807) is 50.9 Å². The Labute approximate surface area is 186 Å². The van der Waals surface area contributed by atoms with Crippen molar-refractivity contribution in [3.8, 4) is 27.8 Å². The number of nitrogens with one attached hydrogen (secondary N) is 1. The fraction of sp³-hybridized carbons (Fsp3) is 0.250. The fourth-order valence-corrected chi connectivity index (χ4v) is 4.21. The molecule has 3 aromatic rings. The first-order chi connectivity index (χ1) is 15.0. The topological polar surface area (TPSA) is 69.7 Å². The third kappa shape index (κ3) is 5.24. The Morgan fingerprint density at radius 2 is 1.74 bits per heavy atom. The molecule has 31 heavy (non-hydrogen) atoms. The van der Waals surface area contributed by atoms with Crippen LogP contribution in [0.4, 0.5) is 0 Å². The number of benzene rings is 2. The average molecular weight is 439 g/mol. The van der Waals surface area contributed by atoms with Gasteiger partial charge in [0.2, 0.25) is 11.7 Å². The van der Waals surface area contributed by atoms with Crippen LogP contribution in [0.15, 0.2) is 42.5 Å². The molecule has 0 aliphatic rings. The van der Waals surface area contributed by atoms with E-state index in [1.165, 1.54) is 11.6 Å². The Morgan fingerprint density at radius 1 is 1.06 bits per heavy atom. The molecular weight excluding hydrogens is 412 g/mol. The lowest BCUT2D eigenvalue weighted by Crippen LogP contribution is -2.20. The normalized spacial score (nSPS) is 10.9. The van der Waals surface area contributed by atoms with Gasteiger partial charge in [0.25, 0.3) is 0 Å². The number of carbonyl (C=O) groups excluding carboxylic acids is 1. The highest BCUT2D eigenvalue weighted by molar-refractivity contribution is 7.15. The Bertz CT molecular complexity index is 1080. The van der Waals surface area contributed by atoms with Crippen molar-refractivity contribution in [2.24, 2.45) is 0 Å². The molecule has 1 heterocycles. The Morgan fingerprint density at radius 3 is 2.35 bits per heavy atom. The van der Waals surface area contributed by atoms with Crippen LogP contribution in [0.25, 0.3) is 16.6 Å². The molecular formula is C24H26N2O4S. The lowest BCUT2D eigenvalue weighted by Gasteiger charge is -2.12. The maximum absolute atomic E-state index is 12.4. The summed E-state index contributed by atoms with van der Waals surface area (Å²) in [6.45, 7) is 4.46. The van der Waals surface area contributed by atoms with E-state index in [0.29, 0.717) is 23.8 Å². The number of ether oxygens (including phenoxy) is 3. The summed E-state index contributed by atoms with van der Waals surface area (Å²) in [4.78, 5) is 18.1. The molecule has 3 rings (SSSR count). The highest BCUT2D eigenvalue weighted by Gasteiger charge is 2.13. The number of hydrogen-bond acceptors (Lipinski definition) is 6. The largest absolute Gasteiger partial charge is 0.493 e. The summed E-state index contributed by atoms with van der Waals surface area (Å²) in [5.41, 5.74) is 3.99. The summed E-state index contributed by atoms with van der Waals surface area (Å²) in [5.74, 6) is 1.38. The van der Waals surface area contributed by atoms with Crippen molar-refractivity contribution < 1.29 is 19.0 Å². The molecule has 1 aromatic heterocycles. The van der Waals surface area contributed by atoms with Gasteiger partial charge in [0.15, 0.2) is 11.5 Å². The Kier molecular flexibility index (Phi) is 7.31. The summed E-state index contributed by atoms with van der Waals surface area (Å²) in [6, 6.07) is 11.7. The van der Waals surface area contributed by atoms with Crippen molar-refractivity contribution in [2.75, 3.05) is 21.3 Å². The van der Waals surface area contributed by atoms with E-state index in [2.05, 4.69) is 29.4 Å². The SMILES string of the molecule is COc1cc(/C=C/C(=O)NCc2sc(-c3ccccc3C)nc2C)cc(OC)c1OC. The van der Waals surface area contributed by atoms with E-state index in [9.17, 15) is 4.79 Å². The van der Waals surface area contributed by atoms with E-state index < -0.39 is 0 Å². The number of hydrogen-bond donors (Lipinski definition) is 1. The van der Waals surface area contributed by atoms with Crippen LogP contribution >= 0.6 is 11.3 Å². The number of aromatic nitrogens is 1. The van der Waals surface area contributed by atoms with Crippen molar-refractivity contribution in [2.45, 2.75) is 20.4 Å². The maximum atomic E-state index is 12.4. The Balaban J connectivity index is 1.68. The van der Waals surface area contributed by atoms with Gasteiger partial charge in [-0.15, -0.1) is 11.3 Å². The quantitative estimate of drug-likeness (QED) is 0.513. The van der Waals surface area contributed by atoms with Gasteiger partial charge in [-0.2, -0.15) is 0 Å². The molecule has 0 bridgehead atoms. The maximum Gasteiger partial charge on any atom is 0.244 e. The number of aryl methyl sites for hydroxylation is 2. The number of rotatable bonds is 8. The molecule has 0 aliphatic heterocycles. The summed E-state index contributed by atoms with van der Waals surface area (Å²) in [5, 5.41) is 3.89. The predicted molar refractivity (Wildman–Crippen MR) is 124 cm³/mol. The van der Waals surface area contributed by atoms with Gasteiger partial charge in [-0.1, -0.05) is 24.3 Å². The number of methoxy groups -OCH3 is 3. The zero-order valence-electron chi connectivity index (χ0n) is 18.3. The summed E-state index contributed by atoms with van der Waals surface area (Å²) in [6.07, 6.45) is 3.19. The Hall–Kier alpha value is -3.32. The minimum Gasteiger partial charge on any atom is -0.493 e. The molecule has 6 nitrogen and oxygen atoms in total. The van der Waals surface area contributed by atoms with Gasteiger partial charge in [0.1, 0.15) is 5.01 Å². The second-order valence-electron chi connectivity index (χ2n) is 6.85. The highest BCUT2D eigenvalue weighted by atomic mass is 32.1. The van der Waals surface area contributed by atoms with Crippen molar-refractivity contribution in [1.29, 1.82) is 0 Å². The first-order valence-electron chi connectivity index (χ1n) is 9.75. The van der Waals surface area contributed by atoms with Gasteiger partial charge in [-0.25, -0.2) is 4.98 Å². The van der Waals surface area contributed by atoms with Crippen LogP contribution in [0.5, 0.6) is 17.2 Å². The molecule has 2 aromatic carbocycles. The summed E-state index contributed by atoms with van der Waals surface area (Å²) < 4.78 is 16.0. The summed E-state index contributed by atoms with van der Waals surface area (Å²) in [7, 11) is 4.66. The van der Waals surface area contributed by atoms with Crippen LogP contribution in [0.2, 0.25) is 0 Å². The number of thiazole rings is 1. The molecule has 0 saturated heterocycles. The zero-order chi connectivity index (χ0) is 22.4. The van der Waals surface area contributed by atoms with Crippen LogP contribution in [0.1, 0.15) is 21.7 Å². The number of carbonyl (C=O) groups is 1. The van der Waals surface area contributed by atoms with Crippen LogP contribution in [-0.4, -0.2) is 32.2 Å². The van der Waals surface area contributed by atoms with E-state index in [1.807, 2.05) is 19.1 Å². The molecule has 0 aliphatic carbocycles. The molecule has 162 valence electrons. The van der Waals surface area contributed by atoms with Crippen LogP contribution in [0.3, 0.4) is 0 Å². The predicted octanol–water partition coefficient (Wildman–Crippen LogP) is 4.78. The first kappa shape index (κ1) is 22.4. The number of amides is 1. The molecule has 0 spiro atoms. The van der Waals surface area contributed by atoms with Crippen molar-refractivity contribution >= 4 is 23.3 Å². The van der Waals surface area contributed by atoms with Gasteiger partial charge < -0.3 is 19.5 Å². The van der Waals surface area contributed by atoms with Gasteiger partial charge in [-0.3, -0.25) is 4.79 Å². The lowest BCUT2D eigenvalue weighted by molar-refractivity contribution is -0.116. The van der Waals surface area contributed by atoms with Crippen molar-refractivity contribution in [1.82, 2.24) is 10.3 Å². The fourth-order valence-electron chi connectivity index (χ4n) is 3.12. The second-order valence-corrected chi connectivity index (χ2v) is 7.94. The molecule has 0 atom stereocenters. The third-order valence-corrected chi connectivity index (χ3v) is 6.00. The van der Waals surface area contributed by atoms with E-state index in [4.69, 9.17) is 14.2 Å². The van der Waals surface area contributed by atoms with E-state index in [-0.39, 0.29) is 5.91 Å². The van der Waals surface area contributed by atoms with Gasteiger partial charge in [0, 0.05) is 16.5 Å². The number of nitrogens with zero attached hydrogens (tertiary/aromatic N) is 1. The lowest BCUT2D eigenvalue weighted by atomic mass is 10.1. The molecule has 1 amide bonds. The molecule has 0 fully saturated rings. The zero-order valence-corrected chi connectivity index (χ0v) is 19.1. The average Bonchev–Trinajstić information content (AvgIpc) is 3.15. The van der Waals surface area contributed by atoms with Gasteiger partial charge in [-0.05, 0) is 43.2 Å². The van der Waals surface area contributed by atoms with Crippen molar-refractivity contribution in [3.05, 3.63) is 64.2 Å². The summed E-state index contributed by atoms with van der Waals surface area (Å²) >= 11 is 1.60. The smallest absolute Gasteiger partial charge is 0.244 e. The minimum atomic E-state index is -0.195. The molecule has 1 N–H and O–H groups in total. The standard InChI is InChI=1S/C24H26N2O4S/c1-15-8-6-7-9-18(15)24-26-16(2)21(31-24)14-25-22(27)11-10-17-12-19(28-3)23(30-5)20(13-17)29-4/h6-13H,14H2,1-5H3,(H,25,27)/b11-10+. The highest BCUT2D eigenvalue weighted by Crippen LogP contribution is 2.38. The van der Waals surface area contributed by atoms with Crippen LogP contribution in [-0.2, 0) is 11.3 Å². The van der Waals surface area contributed by atoms with Crippen LogP contribution < -0.4 is 19.5 Å². The van der Waals surface area contributed by atoms with E-state index >= 15 is 0 Å². The van der Waals surface area contributed by atoms with E-state index in [0.717, 1.165) is 26.7 Å². The third-order valence-electron chi connectivity index (χ3n) is 4.81. The van der Waals surface area contributed by atoms with Gasteiger partial charge >= 0.3 is 0 Å². The minimum absolute atomic E-state index is 0.195.